The van der Waals surface area contributed by atoms with Crippen LogP contribution in [0, 0.1) is 33.5 Å². The largest absolute Gasteiger partial charge is 0.396 e. The highest BCUT2D eigenvalue weighted by atomic mass is 16.3. The summed E-state index contributed by atoms with van der Waals surface area (Å²) in [6.45, 7) is 7.82. The van der Waals surface area contributed by atoms with Gasteiger partial charge < -0.3 is 5.11 Å². The molecule has 1 N–H and O–H groups in total. The molecule has 0 aliphatic heterocycles. The van der Waals surface area contributed by atoms with E-state index in [1.54, 1.807) is 0 Å². The van der Waals surface area contributed by atoms with Crippen molar-refractivity contribution in [3.8, 4) is 0 Å². The molecular formula is C20H32O. The summed E-state index contributed by atoms with van der Waals surface area (Å²) in [5.74, 6) is 1.60. The van der Waals surface area contributed by atoms with Crippen molar-refractivity contribution in [2.24, 2.45) is 33.5 Å². The molecule has 118 valence electrons. The van der Waals surface area contributed by atoms with Crippen molar-refractivity contribution in [1.29, 1.82) is 0 Å². The molecule has 0 saturated heterocycles. The summed E-state index contributed by atoms with van der Waals surface area (Å²) in [7, 11) is 0. The van der Waals surface area contributed by atoms with Gasteiger partial charge in [0.25, 0.3) is 0 Å². The number of aliphatic hydroxyl groups is 1. The normalized spacial score (nSPS) is 58.7. The number of rotatable bonds is 1. The lowest BCUT2D eigenvalue weighted by Gasteiger charge is -2.64. The fraction of sp³-hybridized carbons (Fsp3) is 0.900. The van der Waals surface area contributed by atoms with Crippen LogP contribution in [0.25, 0.3) is 0 Å². The molecule has 0 radical (unpaired) electrons. The molecule has 0 aromatic carbocycles. The van der Waals surface area contributed by atoms with Crippen LogP contribution in [-0.4, -0.2) is 11.7 Å². The molecule has 4 aliphatic rings. The van der Waals surface area contributed by atoms with E-state index in [2.05, 4.69) is 32.9 Å². The Kier molecular flexibility index (Phi) is 2.83. The molecule has 1 heteroatoms. The Labute approximate surface area is 130 Å². The molecular weight excluding hydrogens is 256 g/mol. The van der Waals surface area contributed by atoms with Gasteiger partial charge in [-0.1, -0.05) is 39.3 Å². The first-order valence-electron chi connectivity index (χ1n) is 9.17. The maximum Gasteiger partial charge on any atom is 0.0487 e. The standard InChI is InChI=1S/C20H32O/c1-17-9-5-16-19(3)8-4-7-18(2,14-21)15(19)6-10-20(16,13-17)12-11-17/h11-12,15-16,21H,4-10,13-14H2,1-3H3/t15-,16-,17-,18+,19-,20-/m1/s1. The minimum absolute atomic E-state index is 0.178. The van der Waals surface area contributed by atoms with Gasteiger partial charge in [0, 0.05) is 6.61 Å². The van der Waals surface area contributed by atoms with E-state index in [-0.39, 0.29) is 5.41 Å². The van der Waals surface area contributed by atoms with E-state index in [0.717, 1.165) is 11.8 Å². The van der Waals surface area contributed by atoms with E-state index in [4.69, 9.17) is 0 Å². The number of hydrogen-bond acceptors (Lipinski definition) is 1. The highest BCUT2D eigenvalue weighted by Crippen LogP contribution is 2.71. The Balaban J connectivity index is 1.74. The van der Waals surface area contributed by atoms with Crippen molar-refractivity contribution >= 4 is 0 Å². The lowest BCUT2D eigenvalue weighted by atomic mass is 9.40. The second-order valence-corrected chi connectivity index (χ2v) is 9.75. The summed E-state index contributed by atoms with van der Waals surface area (Å²) in [5.41, 5.74) is 1.64. The lowest BCUT2D eigenvalue weighted by molar-refractivity contribution is -0.154. The molecule has 0 amide bonds. The van der Waals surface area contributed by atoms with Crippen LogP contribution in [0.1, 0.15) is 72.1 Å². The van der Waals surface area contributed by atoms with Crippen LogP contribution >= 0.6 is 0 Å². The van der Waals surface area contributed by atoms with Gasteiger partial charge in [0.05, 0.1) is 0 Å². The quantitative estimate of drug-likeness (QED) is 0.677. The topological polar surface area (TPSA) is 20.2 Å². The summed E-state index contributed by atoms with van der Waals surface area (Å²) >= 11 is 0. The number of hydrogen-bond donors (Lipinski definition) is 1. The van der Waals surface area contributed by atoms with Crippen LogP contribution < -0.4 is 0 Å². The monoisotopic (exact) mass is 288 g/mol. The summed E-state index contributed by atoms with van der Waals surface area (Å²) < 4.78 is 0. The van der Waals surface area contributed by atoms with Crippen molar-refractivity contribution < 1.29 is 5.11 Å². The van der Waals surface area contributed by atoms with Crippen molar-refractivity contribution in [2.45, 2.75) is 72.1 Å². The van der Waals surface area contributed by atoms with Gasteiger partial charge in [-0.15, -0.1) is 0 Å². The van der Waals surface area contributed by atoms with Crippen molar-refractivity contribution in [1.82, 2.24) is 0 Å². The molecule has 21 heavy (non-hydrogen) atoms. The van der Waals surface area contributed by atoms with E-state index < -0.39 is 0 Å². The van der Waals surface area contributed by atoms with Gasteiger partial charge in [0.2, 0.25) is 0 Å². The van der Waals surface area contributed by atoms with Gasteiger partial charge in [-0.05, 0) is 78.4 Å². The zero-order valence-corrected chi connectivity index (χ0v) is 14.1. The zero-order valence-electron chi connectivity index (χ0n) is 14.1. The van der Waals surface area contributed by atoms with E-state index in [1.165, 1.54) is 51.4 Å². The first-order valence-corrected chi connectivity index (χ1v) is 9.17. The van der Waals surface area contributed by atoms with E-state index in [0.29, 0.717) is 22.9 Å². The highest BCUT2D eigenvalue weighted by Gasteiger charge is 2.63. The Morgan fingerprint density at radius 1 is 0.952 bits per heavy atom. The molecule has 4 rings (SSSR count). The molecule has 0 heterocycles. The summed E-state index contributed by atoms with van der Waals surface area (Å²) in [4.78, 5) is 0. The smallest absolute Gasteiger partial charge is 0.0487 e. The average molecular weight is 288 g/mol. The molecule has 2 bridgehead atoms. The Hall–Kier alpha value is -0.300. The third-order valence-electron chi connectivity index (χ3n) is 8.41. The van der Waals surface area contributed by atoms with Crippen LogP contribution in [0.3, 0.4) is 0 Å². The first kappa shape index (κ1) is 14.3. The molecule has 0 aromatic rings. The summed E-state index contributed by atoms with van der Waals surface area (Å²) in [5, 5.41) is 10.1. The van der Waals surface area contributed by atoms with Crippen molar-refractivity contribution in [3.63, 3.8) is 0 Å². The number of aliphatic hydroxyl groups excluding tert-OH is 1. The van der Waals surface area contributed by atoms with Crippen molar-refractivity contribution in [3.05, 3.63) is 12.2 Å². The number of allylic oxidation sites excluding steroid dienone is 2. The van der Waals surface area contributed by atoms with Crippen LogP contribution in [0.4, 0.5) is 0 Å². The summed E-state index contributed by atoms with van der Waals surface area (Å²) in [6, 6.07) is 0. The lowest BCUT2D eigenvalue weighted by Crippen LogP contribution is -2.57. The molecule has 0 unspecified atom stereocenters. The van der Waals surface area contributed by atoms with Gasteiger partial charge in [0.1, 0.15) is 0 Å². The molecule has 1 nitrogen and oxygen atoms in total. The van der Waals surface area contributed by atoms with Gasteiger partial charge in [0.15, 0.2) is 0 Å². The van der Waals surface area contributed by atoms with Crippen molar-refractivity contribution in [2.75, 3.05) is 6.61 Å². The molecule has 0 aromatic heterocycles. The van der Waals surface area contributed by atoms with Gasteiger partial charge in [-0.2, -0.15) is 0 Å². The Morgan fingerprint density at radius 3 is 2.48 bits per heavy atom. The zero-order chi connectivity index (χ0) is 14.9. The van der Waals surface area contributed by atoms with Crippen LogP contribution in [-0.2, 0) is 0 Å². The van der Waals surface area contributed by atoms with E-state index in [1.807, 2.05) is 0 Å². The molecule has 6 atom stereocenters. The van der Waals surface area contributed by atoms with E-state index in [9.17, 15) is 5.11 Å². The Bertz CT molecular complexity index is 482. The minimum Gasteiger partial charge on any atom is -0.396 e. The predicted octanol–water partition coefficient (Wildman–Crippen LogP) is 4.95. The fourth-order valence-corrected chi connectivity index (χ4v) is 7.46. The second kappa shape index (κ2) is 4.16. The molecule has 4 aliphatic carbocycles. The van der Waals surface area contributed by atoms with Crippen LogP contribution in [0.5, 0.6) is 0 Å². The van der Waals surface area contributed by atoms with Crippen LogP contribution in [0.15, 0.2) is 12.2 Å². The molecule has 3 saturated carbocycles. The maximum atomic E-state index is 10.1. The average Bonchev–Trinajstić information content (AvgIpc) is 2.69. The summed E-state index contributed by atoms with van der Waals surface area (Å²) in [6.07, 6.45) is 16.1. The van der Waals surface area contributed by atoms with Gasteiger partial charge in [-0.3, -0.25) is 0 Å². The third kappa shape index (κ3) is 1.73. The first-order chi connectivity index (χ1) is 9.86. The minimum atomic E-state index is 0.178. The fourth-order valence-electron chi connectivity index (χ4n) is 7.46. The Morgan fingerprint density at radius 2 is 1.71 bits per heavy atom. The van der Waals surface area contributed by atoms with Crippen LogP contribution in [0.2, 0.25) is 0 Å². The van der Waals surface area contributed by atoms with Gasteiger partial charge in [-0.25, -0.2) is 0 Å². The highest BCUT2D eigenvalue weighted by molar-refractivity contribution is 5.25. The second-order valence-electron chi connectivity index (χ2n) is 9.75. The predicted molar refractivity (Wildman–Crippen MR) is 86.9 cm³/mol. The third-order valence-corrected chi connectivity index (χ3v) is 8.41. The van der Waals surface area contributed by atoms with E-state index >= 15 is 0 Å². The SMILES string of the molecule is C[C@]12C=C[C@]3(CC[C@@H]4[C@](C)(CO)CCC[C@@]4(C)[C@H]3CC1)C2. The molecule has 3 fully saturated rings. The van der Waals surface area contributed by atoms with Gasteiger partial charge >= 0.3 is 0 Å². The number of fused-ring (bicyclic) bond motifs is 3. The maximum absolute atomic E-state index is 10.1. The molecule has 1 spiro atoms.